The molecule has 0 spiro atoms. The number of halogens is 4. The van der Waals surface area contributed by atoms with Crippen molar-refractivity contribution in [1.29, 1.82) is 5.26 Å². The highest BCUT2D eigenvalue weighted by atomic mass is 19.4. The van der Waals surface area contributed by atoms with E-state index in [2.05, 4.69) is 0 Å². The van der Waals surface area contributed by atoms with Crippen LogP contribution in [0.5, 0.6) is 0 Å². The molecule has 0 N–H and O–H groups in total. The summed E-state index contributed by atoms with van der Waals surface area (Å²) in [6.45, 7) is 0.326. The van der Waals surface area contributed by atoms with Gasteiger partial charge in [0.15, 0.2) is 5.83 Å². The fraction of sp³-hybridized carbons (Fsp3) is 0.476. The normalized spacial score (nSPS) is 21.4. The molecule has 0 aliphatic heterocycles. The van der Waals surface area contributed by atoms with Crippen molar-refractivity contribution in [3.05, 3.63) is 59.4 Å². The van der Waals surface area contributed by atoms with Crippen molar-refractivity contribution in [3.63, 3.8) is 0 Å². The number of nitriles is 1. The maximum absolute atomic E-state index is 12.6. The second-order valence-electron chi connectivity index (χ2n) is 6.78. The highest BCUT2D eigenvalue weighted by Crippen LogP contribution is 2.31. The molecule has 1 aromatic rings. The molecular weight excluding hydrogens is 358 g/mol. The summed E-state index contributed by atoms with van der Waals surface area (Å²) in [7, 11) is 0. The lowest BCUT2D eigenvalue weighted by atomic mass is 9.84. The first kappa shape index (κ1) is 21.2. The molecule has 1 saturated carbocycles. The van der Waals surface area contributed by atoms with Crippen LogP contribution in [0.2, 0.25) is 0 Å². The van der Waals surface area contributed by atoms with Crippen molar-refractivity contribution in [2.75, 3.05) is 0 Å². The average Bonchev–Trinajstić information content (AvgIpc) is 2.66. The van der Waals surface area contributed by atoms with Crippen LogP contribution in [0.15, 0.2) is 48.3 Å². The molecule has 2 rings (SSSR count). The van der Waals surface area contributed by atoms with E-state index in [1.165, 1.54) is 18.2 Å². The van der Waals surface area contributed by atoms with E-state index in [9.17, 15) is 17.6 Å². The van der Waals surface area contributed by atoms with Crippen LogP contribution in [-0.2, 0) is 17.5 Å². The van der Waals surface area contributed by atoms with Gasteiger partial charge in [-0.05, 0) is 68.2 Å². The Hall–Kier alpha value is -2.13. The van der Waals surface area contributed by atoms with E-state index in [1.54, 1.807) is 6.08 Å². The first-order chi connectivity index (χ1) is 12.9. The van der Waals surface area contributed by atoms with Crippen LogP contribution in [0.1, 0.15) is 49.7 Å². The van der Waals surface area contributed by atoms with Crippen molar-refractivity contribution in [3.8, 4) is 6.07 Å². The number of hydrogen-bond acceptors (Lipinski definition) is 2. The molecule has 0 amide bonds. The summed E-state index contributed by atoms with van der Waals surface area (Å²) in [6, 6.07) is 6.52. The minimum absolute atomic E-state index is 0.145. The van der Waals surface area contributed by atoms with Crippen LogP contribution in [0.25, 0.3) is 0 Å². The monoisotopic (exact) mass is 381 g/mol. The van der Waals surface area contributed by atoms with Crippen molar-refractivity contribution < 1.29 is 22.3 Å². The largest absolute Gasteiger partial charge is 0.416 e. The van der Waals surface area contributed by atoms with Gasteiger partial charge in [-0.15, -0.1) is 0 Å². The molecule has 0 radical (unpaired) electrons. The summed E-state index contributed by atoms with van der Waals surface area (Å²) >= 11 is 0. The maximum Gasteiger partial charge on any atom is 0.416 e. The molecule has 0 atom stereocenters. The third-order valence-corrected chi connectivity index (χ3v) is 4.79. The minimum Gasteiger partial charge on any atom is -0.374 e. The van der Waals surface area contributed by atoms with Gasteiger partial charge in [0.25, 0.3) is 0 Å². The van der Waals surface area contributed by atoms with Gasteiger partial charge in [-0.3, -0.25) is 0 Å². The van der Waals surface area contributed by atoms with Gasteiger partial charge in [0, 0.05) is 0 Å². The number of ether oxygens (including phenoxy) is 1. The lowest BCUT2D eigenvalue weighted by Gasteiger charge is -2.28. The van der Waals surface area contributed by atoms with Crippen molar-refractivity contribution >= 4 is 0 Å². The zero-order valence-electron chi connectivity index (χ0n) is 15.0. The number of nitrogens with zero attached hydrogens (tertiary/aromatic N) is 1. The van der Waals surface area contributed by atoms with Crippen molar-refractivity contribution in [2.24, 2.45) is 5.92 Å². The van der Waals surface area contributed by atoms with Gasteiger partial charge in [0.1, 0.15) is 6.07 Å². The molecule has 0 aromatic heterocycles. The quantitative estimate of drug-likeness (QED) is 0.307. The Morgan fingerprint density at radius 1 is 1.15 bits per heavy atom. The van der Waals surface area contributed by atoms with Crippen LogP contribution in [-0.4, -0.2) is 6.10 Å². The predicted molar refractivity (Wildman–Crippen MR) is 95.2 cm³/mol. The fourth-order valence-corrected chi connectivity index (χ4v) is 3.21. The fourth-order valence-electron chi connectivity index (χ4n) is 3.21. The third-order valence-electron chi connectivity index (χ3n) is 4.79. The lowest BCUT2D eigenvalue weighted by molar-refractivity contribution is -0.137. The van der Waals surface area contributed by atoms with E-state index in [0.29, 0.717) is 12.5 Å². The molecule has 1 fully saturated rings. The van der Waals surface area contributed by atoms with Crippen molar-refractivity contribution in [1.82, 2.24) is 0 Å². The van der Waals surface area contributed by atoms with E-state index in [1.807, 2.05) is 6.08 Å². The molecule has 1 aliphatic carbocycles. The molecule has 0 heterocycles. The average molecular weight is 381 g/mol. The van der Waals surface area contributed by atoms with E-state index >= 15 is 0 Å². The molecule has 0 bridgehead atoms. The van der Waals surface area contributed by atoms with Crippen LogP contribution in [0.4, 0.5) is 17.6 Å². The van der Waals surface area contributed by atoms with Crippen molar-refractivity contribution in [2.45, 2.75) is 57.4 Å². The van der Waals surface area contributed by atoms with Gasteiger partial charge in [-0.1, -0.05) is 24.3 Å². The molecule has 6 heteroatoms. The summed E-state index contributed by atoms with van der Waals surface area (Å²) in [5.41, 5.74) is 0.0968. The Labute approximate surface area is 157 Å². The number of rotatable bonds is 7. The molecule has 1 aromatic carbocycles. The van der Waals surface area contributed by atoms with Crippen LogP contribution in [0.3, 0.4) is 0 Å². The second-order valence-corrected chi connectivity index (χ2v) is 6.78. The molecule has 2 nitrogen and oxygen atoms in total. The first-order valence-electron chi connectivity index (χ1n) is 9.08. The Balaban J connectivity index is 1.65. The summed E-state index contributed by atoms with van der Waals surface area (Å²) in [5, 5.41) is 8.30. The topological polar surface area (TPSA) is 33.0 Å². The van der Waals surface area contributed by atoms with E-state index in [4.69, 9.17) is 10.00 Å². The minimum atomic E-state index is -4.31. The van der Waals surface area contributed by atoms with Gasteiger partial charge in [0.2, 0.25) is 0 Å². The third kappa shape index (κ3) is 7.56. The summed E-state index contributed by atoms with van der Waals surface area (Å²) in [5.74, 6) is -0.192. The highest BCUT2D eigenvalue weighted by Gasteiger charge is 2.30. The van der Waals surface area contributed by atoms with Crippen LogP contribution < -0.4 is 0 Å². The Kier molecular flexibility index (Phi) is 8.05. The number of alkyl halides is 3. The maximum atomic E-state index is 12.6. The van der Waals surface area contributed by atoms with E-state index in [-0.39, 0.29) is 6.10 Å². The number of hydrogen-bond donors (Lipinski definition) is 0. The zero-order chi connectivity index (χ0) is 19.7. The van der Waals surface area contributed by atoms with Gasteiger partial charge in [-0.25, -0.2) is 0 Å². The predicted octanol–water partition coefficient (Wildman–Crippen LogP) is 6.49. The van der Waals surface area contributed by atoms with Crippen LogP contribution in [0, 0.1) is 17.2 Å². The summed E-state index contributed by atoms with van der Waals surface area (Å²) < 4.78 is 56.1. The van der Waals surface area contributed by atoms with Gasteiger partial charge in [-0.2, -0.15) is 22.8 Å². The standard InChI is InChI=1S/C21H23F4NO/c22-19(14-26)5-3-1-2-4-16-8-12-20(13-9-16)27-15-17-6-10-18(11-7-17)21(23,24)25/h1,3,5-7,10-11,16,20H,2,4,8-9,12-13,15H2/b3-1+,19-5-/t16-,20-. The molecule has 146 valence electrons. The molecule has 1 aliphatic rings. The van der Waals surface area contributed by atoms with E-state index < -0.39 is 17.6 Å². The molecule has 0 unspecified atom stereocenters. The number of benzene rings is 1. The SMILES string of the molecule is N#C/C(F)=C/C=C/CC[C@H]1CC[C@H](OCc2ccc(C(F)(F)F)cc2)CC1. The Morgan fingerprint density at radius 2 is 1.81 bits per heavy atom. The Morgan fingerprint density at radius 3 is 2.41 bits per heavy atom. The second kappa shape index (κ2) is 10.3. The van der Waals surface area contributed by atoms with Gasteiger partial charge in [0.05, 0.1) is 18.3 Å². The lowest BCUT2D eigenvalue weighted by Crippen LogP contribution is -2.21. The molecule has 27 heavy (non-hydrogen) atoms. The number of allylic oxidation sites excluding steroid dienone is 4. The van der Waals surface area contributed by atoms with E-state index in [0.717, 1.165) is 62.3 Å². The first-order valence-corrected chi connectivity index (χ1v) is 9.08. The van der Waals surface area contributed by atoms with Gasteiger partial charge >= 0.3 is 6.18 Å². The van der Waals surface area contributed by atoms with Gasteiger partial charge < -0.3 is 4.74 Å². The summed E-state index contributed by atoms with van der Waals surface area (Å²) in [4.78, 5) is 0. The molecular formula is C21H23F4NO. The Bertz CT molecular complexity index is 678. The highest BCUT2D eigenvalue weighted by molar-refractivity contribution is 5.24. The summed E-state index contributed by atoms with van der Waals surface area (Å²) in [6.07, 6.45) is 6.27. The van der Waals surface area contributed by atoms with Crippen LogP contribution >= 0.6 is 0 Å². The molecule has 0 saturated heterocycles. The zero-order valence-corrected chi connectivity index (χ0v) is 15.0. The smallest absolute Gasteiger partial charge is 0.374 e.